The molecule has 1 aliphatic heterocycles. The molecule has 1 saturated heterocycles. The quantitative estimate of drug-likeness (QED) is 0.772. The molecule has 27 heavy (non-hydrogen) atoms. The molecule has 0 radical (unpaired) electrons. The lowest BCUT2D eigenvalue weighted by Crippen LogP contribution is -2.49. The number of benzene rings is 1. The second kappa shape index (κ2) is 7.77. The SMILES string of the molecule is CC(=Cc1ccccc1)C(=O)N1CCN(c2cc(C(F)(F)F)ncn2)CC1. The summed E-state index contributed by atoms with van der Waals surface area (Å²) in [7, 11) is 0. The van der Waals surface area contributed by atoms with Gasteiger partial charge in [0.25, 0.3) is 0 Å². The van der Waals surface area contributed by atoms with E-state index < -0.39 is 11.9 Å². The van der Waals surface area contributed by atoms with Crippen LogP contribution in [-0.2, 0) is 11.0 Å². The minimum absolute atomic E-state index is 0.0721. The fourth-order valence-electron chi connectivity index (χ4n) is 2.92. The summed E-state index contributed by atoms with van der Waals surface area (Å²) in [6.07, 6.45) is -1.76. The second-order valence-electron chi connectivity index (χ2n) is 6.28. The van der Waals surface area contributed by atoms with Gasteiger partial charge in [-0.2, -0.15) is 13.2 Å². The molecule has 0 unspecified atom stereocenters. The van der Waals surface area contributed by atoms with E-state index in [-0.39, 0.29) is 11.7 Å². The Bertz CT molecular complexity index is 828. The topological polar surface area (TPSA) is 49.3 Å². The summed E-state index contributed by atoms with van der Waals surface area (Å²) in [5.41, 5.74) is 0.603. The summed E-state index contributed by atoms with van der Waals surface area (Å²) in [6, 6.07) is 10.5. The maximum atomic E-state index is 12.8. The lowest BCUT2D eigenvalue weighted by molar-refractivity contribution is -0.141. The molecule has 1 fully saturated rings. The van der Waals surface area contributed by atoms with Crippen molar-refractivity contribution >= 4 is 17.8 Å². The zero-order valence-electron chi connectivity index (χ0n) is 14.8. The first-order chi connectivity index (χ1) is 12.8. The first kappa shape index (κ1) is 18.9. The molecule has 0 atom stereocenters. The Morgan fingerprint density at radius 3 is 2.37 bits per heavy atom. The van der Waals surface area contributed by atoms with Crippen LogP contribution in [0.4, 0.5) is 19.0 Å². The highest BCUT2D eigenvalue weighted by Gasteiger charge is 2.33. The van der Waals surface area contributed by atoms with E-state index in [0.717, 1.165) is 18.0 Å². The van der Waals surface area contributed by atoms with Gasteiger partial charge in [0.1, 0.15) is 17.8 Å². The number of alkyl halides is 3. The lowest BCUT2D eigenvalue weighted by Gasteiger charge is -2.35. The van der Waals surface area contributed by atoms with E-state index >= 15 is 0 Å². The maximum absolute atomic E-state index is 12.8. The van der Waals surface area contributed by atoms with E-state index in [1.54, 1.807) is 16.7 Å². The second-order valence-corrected chi connectivity index (χ2v) is 6.28. The highest BCUT2D eigenvalue weighted by molar-refractivity contribution is 5.97. The van der Waals surface area contributed by atoms with Crippen molar-refractivity contribution in [2.75, 3.05) is 31.1 Å². The summed E-state index contributed by atoms with van der Waals surface area (Å²) in [4.78, 5) is 23.2. The Balaban J connectivity index is 1.63. The molecule has 5 nitrogen and oxygen atoms in total. The van der Waals surface area contributed by atoms with E-state index in [2.05, 4.69) is 9.97 Å². The molecule has 1 amide bonds. The average Bonchev–Trinajstić information content (AvgIpc) is 2.68. The summed E-state index contributed by atoms with van der Waals surface area (Å²) in [5, 5.41) is 0. The van der Waals surface area contributed by atoms with Gasteiger partial charge >= 0.3 is 6.18 Å². The molecular formula is C19H19F3N4O. The molecule has 0 aliphatic carbocycles. The number of halogens is 3. The largest absolute Gasteiger partial charge is 0.433 e. The van der Waals surface area contributed by atoms with Crippen molar-refractivity contribution in [3.8, 4) is 0 Å². The number of carbonyl (C=O) groups is 1. The van der Waals surface area contributed by atoms with Crippen molar-refractivity contribution in [3.05, 3.63) is 59.6 Å². The fourth-order valence-corrected chi connectivity index (χ4v) is 2.92. The van der Waals surface area contributed by atoms with Crippen molar-refractivity contribution in [1.29, 1.82) is 0 Å². The van der Waals surface area contributed by atoms with Gasteiger partial charge in [-0.15, -0.1) is 0 Å². The Morgan fingerprint density at radius 1 is 1.07 bits per heavy atom. The third kappa shape index (κ3) is 4.64. The molecule has 8 heteroatoms. The van der Waals surface area contributed by atoms with Crippen LogP contribution in [0, 0.1) is 0 Å². The molecular weight excluding hydrogens is 357 g/mol. The Labute approximate surface area is 155 Å². The molecule has 142 valence electrons. The van der Waals surface area contributed by atoms with E-state index in [9.17, 15) is 18.0 Å². The molecule has 0 saturated carbocycles. The van der Waals surface area contributed by atoms with Crippen LogP contribution < -0.4 is 4.90 Å². The molecule has 2 heterocycles. The van der Waals surface area contributed by atoms with Crippen LogP contribution in [0.2, 0.25) is 0 Å². The van der Waals surface area contributed by atoms with Crippen LogP contribution in [-0.4, -0.2) is 47.0 Å². The number of anilines is 1. The van der Waals surface area contributed by atoms with Gasteiger partial charge in [-0.1, -0.05) is 30.3 Å². The number of nitrogens with zero attached hydrogens (tertiary/aromatic N) is 4. The minimum Gasteiger partial charge on any atom is -0.353 e. The average molecular weight is 376 g/mol. The molecule has 0 N–H and O–H groups in total. The monoisotopic (exact) mass is 376 g/mol. The van der Waals surface area contributed by atoms with E-state index in [4.69, 9.17) is 0 Å². The van der Waals surface area contributed by atoms with Gasteiger partial charge in [-0.25, -0.2) is 9.97 Å². The van der Waals surface area contributed by atoms with Crippen molar-refractivity contribution in [3.63, 3.8) is 0 Å². The molecule has 1 aromatic carbocycles. The van der Waals surface area contributed by atoms with Crippen LogP contribution in [0.15, 0.2) is 48.3 Å². The summed E-state index contributed by atoms with van der Waals surface area (Å²) in [6.45, 7) is 3.44. The molecule has 2 aromatic rings. The normalized spacial score (nSPS) is 15.8. The van der Waals surface area contributed by atoms with Crippen LogP contribution >= 0.6 is 0 Å². The number of rotatable bonds is 3. The first-order valence-electron chi connectivity index (χ1n) is 8.51. The fraction of sp³-hybridized carbons (Fsp3) is 0.316. The maximum Gasteiger partial charge on any atom is 0.433 e. The van der Waals surface area contributed by atoms with Crippen LogP contribution in [0.5, 0.6) is 0 Å². The van der Waals surface area contributed by atoms with E-state index in [0.29, 0.717) is 31.8 Å². The van der Waals surface area contributed by atoms with Gasteiger partial charge in [0.05, 0.1) is 0 Å². The molecule has 3 rings (SSSR count). The van der Waals surface area contributed by atoms with Gasteiger partial charge in [0.2, 0.25) is 5.91 Å². The van der Waals surface area contributed by atoms with Gasteiger partial charge < -0.3 is 9.80 Å². The van der Waals surface area contributed by atoms with Gasteiger partial charge in [-0.05, 0) is 18.6 Å². The number of hydrogen-bond donors (Lipinski definition) is 0. The van der Waals surface area contributed by atoms with Crippen molar-refractivity contribution in [2.45, 2.75) is 13.1 Å². The summed E-state index contributed by atoms with van der Waals surface area (Å²) >= 11 is 0. The number of piperazine rings is 1. The van der Waals surface area contributed by atoms with Crippen molar-refractivity contribution in [1.82, 2.24) is 14.9 Å². The number of hydrogen-bond acceptors (Lipinski definition) is 4. The number of amides is 1. The lowest BCUT2D eigenvalue weighted by atomic mass is 10.1. The van der Waals surface area contributed by atoms with Crippen LogP contribution in [0.3, 0.4) is 0 Å². The Hall–Kier alpha value is -2.90. The minimum atomic E-state index is -4.51. The standard InChI is InChI=1S/C19H19F3N4O/c1-14(11-15-5-3-2-4-6-15)18(27)26-9-7-25(8-10-26)17-12-16(19(20,21)22)23-13-24-17/h2-6,11-13H,7-10H2,1H3. The van der Waals surface area contributed by atoms with Gasteiger partial charge in [0, 0.05) is 37.8 Å². The Kier molecular flexibility index (Phi) is 5.43. The third-order valence-corrected chi connectivity index (χ3v) is 4.35. The van der Waals surface area contributed by atoms with E-state index in [1.165, 1.54) is 0 Å². The van der Waals surface area contributed by atoms with Gasteiger partial charge in [-0.3, -0.25) is 4.79 Å². The first-order valence-corrected chi connectivity index (χ1v) is 8.51. The predicted octanol–water partition coefficient (Wildman–Crippen LogP) is 3.25. The van der Waals surface area contributed by atoms with Crippen LogP contribution in [0.25, 0.3) is 6.08 Å². The molecule has 0 bridgehead atoms. The zero-order chi connectivity index (χ0) is 19.4. The predicted molar refractivity (Wildman–Crippen MR) is 95.9 cm³/mol. The third-order valence-electron chi connectivity index (χ3n) is 4.35. The number of aromatic nitrogens is 2. The van der Waals surface area contributed by atoms with Gasteiger partial charge in [0.15, 0.2) is 0 Å². The highest BCUT2D eigenvalue weighted by atomic mass is 19.4. The van der Waals surface area contributed by atoms with Crippen molar-refractivity contribution < 1.29 is 18.0 Å². The molecule has 0 spiro atoms. The summed E-state index contributed by atoms with van der Waals surface area (Å²) < 4.78 is 38.4. The smallest absolute Gasteiger partial charge is 0.353 e. The highest BCUT2D eigenvalue weighted by Crippen LogP contribution is 2.29. The van der Waals surface area contributed by atoms with Crippen molar-refractivity contribution in [2.24, 2.45) is 0 Å². The molecule has 1 aliphatic rings. The Morgan fingerprint density at radius 2 is 1.74 bits per heavy atom. The number of carbonyl (C=O) groups excluding carboxylic acids is 1. The van der Waals surface area contributed by atoms with E-state index in [1.807, 2.05) is 36.4 Å². The summed E-state index contributed by atoms with van der Waals surface area (Å²) in [5.74, 6) is 0.151. The molecule has 1 aromatic heterocycles. The van der Waals surface area contributed by atoms with Crippen LogP contribution in [0.1, 0.15) is 18.2 Å². The zero-order valence-corrected chi connectivity index (χ0v) is 14.8.